The normalized spacial score (nSPS) is 17.8. The lowest BCUT2D eigenvalue weighted by Gasteiger charge is -2.32. The Labute approximate surface area is 144 Å². The van der Waals surface area contributed by atoms with Crippen molar-refractivity contribution in [2.24, 2.45) is 0 Å². The SMILES string of the molecule is Cc1cccc2c(=O)c(C(=O)N3CCCC(n4cncn4)C3)c[nH]c12. The van der Waals surface area contributed by atoms with E-state index in [0.29, 0.717) is 18.5 Å². The maximum atomic E-state index is 12.9. The number of hydrogen-bond acceptors (Lipinski definition) is 4. The Morgan fingerprint density at radius 2 is 2.24 bits per heavy atom. The van der Waals surface area contributed by atoms with E-state index in [2.05, 4.69) is 15.1 Å². The second kappa shape index (κ2) is 6.16. The van der Waals surface area contributed by atoms with Gasteiger partial charge in [0, 0.05) is 24.7 Å². The maximum absolute atomic E-state index is 12.9. The molecule has 128 valence electrons. The average molecular weight is 337 g/mol. The van der Waals surface area contributed by atoms with E-state index in [1.54, 1.807) is 28.2 Å². The molecule has 1 aliphatic heterocycles. The van der Waals surface area contributed by atoms with Crippen molar-refractivity contribution in [1.29, 1.82) is 0 Å². The van der Waals surface area contributed by atoms with Crippen LogP contribution in [0.5, 0.6) is 0 Å². The molecule has 1 aromatic carbocycles. The summed E-state index contributed by atoms with van der Waals surface area (Å²) in [5.41, 5.74) is 1.74. The van der Waals surface area contributed by atoms with E-state index in [0.717, 1.165) is 23.9 Å². The van der Waals surface area contributed by atoms with Gasteiger partial charge in [0.25, 0.3) is 5.91 Å². The van der Waals surface area contributed by atoms with E-state index < -0.39 is 0 Å². The first kappa shape index (κ1) is 15.6. The summed E-state index contributed by atoms with van der Waals surface area (Å²) in [7, 11) is 0. The molecule has 1 aliphatic rings. The fraction of sp³-hybridized carbons (Fsp3) is 0.333. The van der Waals surface area contributed by atoms with Crippen LogP contribution in [0.3, 0.4) is 0 Å². The first-order valence-corrected chi connectivity index (χ1v) is 8.39. The smallest absolute Gasteiger partial charge is 0.259 e. The number of aromatic nitrogens is 4. The van der Waals surface area contributed by atoms with E-state index in [1.165, 1.54) is 6.33 Å². The molecule has 0 aliphatic carbocycles. The fourth-order valence-electron chi connectivity index (χ4n) is 3.49. The minimum absolute atomic E-state index is 0.0991. The van der Waals surface area contributed by atoms with E-state index >= 15 is 0 Å². The molecule has 1 saturated heterocycles. The van der Waals surface area contributed by atoms with Crippen molar-refractivity contribution < 1.29 is 4.79 Å². The average Bonchev–Trinajstić information content (AvgIpc) is 3.17. The highest BCUT2D eigenvalue weighted by Gasteiger charge is 2.27. The Balaban J connectivity index is 1.66. The van der Waals surface area contributed by atoms with Gasteiger partial charge in [-0.25, -0.2) is 9.67 Å². The molecule has 4 rings (SSSR count). The second-order valence-electron chi connectivity index (χ2n) is 6.45. The lowest BCUT2D eigenvalue weighted by atomic mass is 10.0. The Bertz CT molecular complexity index is 977. The summed E-state index contributed by atoms with van der Waals surface area (Å²) < 4.78 is 1.79. The van der Waals surface area contributed by atoms with Crippen LogP contribution in [-0.4, -0.2) is 43.6 Å². The van der Waals surface area contributed by atoms with E-state index in [1.807, 2.05) is 19.1 Å². The van der Waals surface area contributed by atoms with Crippen LogP contribution in [-0.2, 0) is 0 Å². The van der Waals surface area contributed by atoms with E-state index in [-0.39, 0.29) is 22.9 Å². The second-order valence-corrected chi connectivity index (χ2v) is 6.45. The van der Waals surface area contributed by atoms with Gasteiger partial charge >= 0.3 is 0 Å². The third kappa shape index (κ3) is 2.71. The first-order chi connectivity index (χ1) is 12.1. The lowest BCUT2D eigenvalue weighted by molar-refractivity contribution is 0.0671. The molecule has 1 atom stereocenters. The van der Waals surface area contributed by atoms with Crippen LogP contribution in [0.1, 0.15) is 34.8 Å². The highest BCUT2D eigenvalue weighted by molar-refractivity contribution is 5.97. The van der Waals surface area contributed by atoms with E-state index in [9.17, 15) is 9.59 Å². The number of aryl methyl sites for hydroxylation is 1. The quantitative estimate of drug-likeness (QED) is 0.774. The van der Waals surface area contributed by atoms with Gasteiger partial charge in [0.1, 0.15) is 18.2 Å². The van der Waals surface area contributed by atoms with Crippen LogP contribution in [0.15, 0.2) is 41.8 Å². The van der Waals surface area contributed by atoms with Crippen molar-refractivity contribution in [2.75, 3.05) is 13.1 Å². The van der Waals surface area contributed by atoms with Gasteiger partial charge in [-0.15, -0.1) is 0 Å². The minimum atomic E-state index is -0.227. The highest BCUT2D eigenvalue weighted by Crippen LogP contribution is 2.22. The third-order valence-electron chi connectivity index (χ3n) is 4.85. The lowest BCUT2D eigenvalue weighted by Crippen LogP contribution is -2.42. The topological polar surface area (TPSA) is 83.9 Å². The molecule has 3 heterocycles. The number of fused-ring (bicyclic) bond motifs is 1. The molecular formula is C18H19N5O2. The van der Waals surface area contributed by atoms with Gasteiger partial charge in [-0.3, -0.25) is 9.59 Å². The van der Waals surface area contributed by atoms with Crippen molar-refractivity contribution in [3.63, 3.8) is 0 Å². The zero-order valence-electron chi connectivity index (χ0n) is 14.0. The molecule has 2 aromatic heterocycles. The molecule has 0 bridgehead atoms. The van der Waals surface area contributed by atoms with Crippen molar-refractivity contribution in [1.82, 2.24) is 24.6 Å². The predicted octanol–water partition coefficient (Wildman–Crippen LogP) is 1.91. The standard InChI is InChI=1S/C18H19N5O2/c1-12-4-2-6-14-16(12)20-8-15(17(14)24)18(25)22-7-3-5-13(9-22)23-11-19-10-21-23/h2,4,6,8,10-11,13H,3,5,7,9H2,1H3,(H,20,24). The molecule has 1 amide bonds. The summed E-state index contributed by atoms with van der Waals surface area (Å²) in [4.78, 5) is 34.5. The first-order valence-electron chi connectivity index (χ1n) is 8.39. The van der Waals surface area contributed by atoms with Crippen LogP contribution in [0.25, 0.3) is 10.9 Å². The van der Waals surface area contributed by atoms with Crippen molar-refractivity contribution in [3.05, 3.63) is 58.4 Å². The fourth-order valence-corrected chi connectivity index (χ4v) is 3.49. The number of aromatic amines is 1. The molecule has 0 spiro atoms. The number of amides is 1. The van der Waals surface area contributed by atoms with Gasteiger partial charge in [0.05, 0.1) is 11.6 Å². The van der Waals surface area contributed by atoms with Crippen LogP contribution >= 0.6 is 0 Å². The number of nitrogens with zero attached hydrogens (tertiary/aromatic N) is 4. The molecular weight excluding hydrogens is 318 g/mol. The molecule has 1 N–H and O–H groups in total. The molecule has 0 radical (unpaired) electrons. The number of carbonyl (C=O) groups is 1. The molecule has 3 aromatic rings. The summed E-state index contributed by atoms with van der Waals surface area (Å²) in [5.74, 6) is -0.227. The van der Waals surface area contributed by atoms with Crippen molar-refractivity contribution >= 4 is 16.8 Å². The van der Waals surface area contributed by atoms with Gasteiger partial charge < -0.3 is 9.88 Å². The maximum Gasteiger partial charge on any atom is 0.259 e. The third-order valence-corrected chi connectivity index (χ3v) is 4.85. The summed E-state index contributed by atoms with van der Waals surface area (Å²) in [6, 6.07) is 5.63. The molecule has 1 unspecified atom stereocenters. The number of para-hydroxylation sites is 1. The number of H-pyrrole nitrogens is 1. The predicted molar refractivity (Wildman–Crippen MR) is 93.5 cm³/mol. The van der Waals surface area contributed by atoms with Crippen molar-refractivity contribution in [2.45, 2.75) is 25.8 Å². The summed E-state index contributed by atoms with van der Waals surface area (Å²) in [5, 5.41) is 4.73. The van der Waals surface area contributed by atoms with Gasteiger partial charge in [-0.05, 0) is 31.4 Å². The zero-order chi connectivity index (χ0) is 17.4. The summed E-state index contributed by atoms with van der Waals surface area (Å²) in [6.45, 7) is 3.12. The molecule has 7 nitrogen and oxygen atoms in total. The Morgan fingerprint density at radius 1 is 1.36 bits per heavy atom. The van der Waals surface area contributed by atoms with Crippen LogP contribution in [0.4, 0.5) is 0 Å². The van der Waals surface area contributed by atoms with Gasteiger partial charge in [-0.1, -0.05) is 12.1 Å². The zero-order valence-corrected chi connectivity index (χ0v) is 14.0. The van der Waals surface area contributed by atoms with Gasteiger partial charge in [-0.2, -0.15) is 5.10 Å². The number of nitrogens with one attached hydrogen (secondary N) is 1. The number of pyridine rings is 1. The number of piperidine rings is 1. The Kier molecular flexibility index (Phi) is 3.83. The Hall–Kier alpha value is -2.96. The molecule has 0 saturated carbocycles. The number of carbonyl (C=O) groups excluding carboxylic acids is 1. The van der Waals surface area contributed by atoms with Crippen LogP contribution in [0, 0.1) is 6.92 Å². The largest absolute Gasteiger partial charge is 0.360 e. The number of hydrogen-bond donors (Lipinski definition) is 1. The number of benzene rings is 1. The van der Waals surface area contributed by atoms with E-state index in [4.69, 9.17) is 0 Å². The molecule has 7 heteroatoms. The van der Waals surface area contributed by atoms with Crippen LogP contribution in [0.2, 0.25) is 0 Å². The number of rotatable bonds is 2. The summed E-state index contributed by atoms with van der Waals surface area (Å²) >= 11 is 0. The van der Waals surface area contributed by atoms with Crippen LogP contribution < -0.4 is 5.43 Å². The Morgan fingerprint density at radius 3 is 3.04 bits per heavy atom. The number of likely N-dealkylation sites (tertiary alicyclic amines) is 1. The van der Waals surface area contributed by atoms with Gasteiger partial charge in [0.15, 0.2) is 0 Å². The molecule has 25 heavy (non-hydrogen) atoms. The van der Waals surface area contributed by atoms with Gasteiger partial charge in [0.2, 0.25) is 5.43 Å². The van der Waals surface area contributed by atoms with Crippen molar-refractivity contribution in [3.8, 4) is 0 Å². The monoisotopic (exact) mass is 337 g/mol. The highest BCUT2D eigenvalue weighted by atomic mass is 16.2. The molecule has 1 fully saturated rings. The minimum Gasteiger partial charge on any atom is -0.360 e. The summed E-state index contributed by atoms with van der Waals surface area (Å²) in [6.07, 6.45) is 6.53.